The molecule has 0 aromatic rings. The van der Waals surface area contributed by atoms with E-state index in [4.69, 9.17) is 4.74 Å². The van der Waals surface area contributed by atoms with Crippen molar-refractivity contribution < 1.29 is 14.6 Å². The number of aliphatic hydroxyl groups is 1. The standard InChI is InChI=1S/C12H22N2O3/c1-12(16,8-13-11(15)10-2-3-10)9-14-4-6-17-7-5-14/h10,16H,2-9H2,1H3,(H,13,15). The second-order valence-corrected chi connectivity index (χ2v) is 5.38. The van der Waals surface area contributed by atoms with Crippen LogP contribution in [0.5, 0.6) is 0 Å². The van der Waals surface area contributed by atoms with Gasteiger partial charge in [0.2, 0.25) is 5.91 Å². The van der Waals surface area contributed by atoms with Crippen LogP contribution in [0.25, 0.3) is 0 Å². The number of carbonyl (C=O) groups excluding carboxylic acids is 1. The van der Waals surface area contributed by atoms with Gasteiger partial charge in [-0.2, -0.15) is 0 Å². The molecule has 0 radical (unpaired) electrons. The summed E-state index contributed by atoms with van der Waals surface area (Å²) in [5, 5.41) is 13.0. The largest absolute Gasteiger partial charge is 0.387 e. The highest BCUT2D eigenvalue weighted by Gasteiger charge is 2.32. The Morgan fingerprint density at radius 1 is 1.47 bits per heavy atom. The van der Waals surface area contributed by atoms with Crippen LogP contribution in [-0.4, -0.2) is 60.9 Å². The van der Waals surface area contributed by atoms with Crippen LogP contribution in [0.4, 0.5) is 0 Å². The summed E-state index contributed by atoms with van der Waals surface area (Å²) in [4.78, 5) is 13.7. The number of hydrogen-bond donors (Lipinski definition) is 2. The molecule has 1 saturated heterocycles. The Morgan fingerprint density at radius 3 is 2.71 bits per heavy atom. The highest BCUT2D eigenvalue weighted by atomic mass is 16.5. The summed E-state index contributed by atoms with van der Waals surface area (Å²) in [5.74, 6) is 0.293. The van der Waals surface area contributed by atoms with E-state index in [-0.39, 0.29) is 11.8 Å². The first-order valence-electron chi connectivity index (χ1n) is 6.37. The molecule has 1 aliphatic carbocycles. The van der Waals surface area contributed by atoms with Crippen LogP contribution >= 0.6 is 0 Å². The van der Waals surface area contributed by atoms with Gasteiger partial charge in [0.05, 0.1) is 18.8 Å². The fourth-order valence-electron chi connectivity index (χ4n) is 2.06. The van der Waals surface area contributed by atoms with Gasteiger partial charge in [0.1, 0.15) is 0 Å². The first-order valence-corrected chi connectivity index (χ1v) is 6.37. The van der Waals surface area contributed by atoms with E-state index < -0.39 is 5.60 Å². The molecule has 1 aliphatic heterocycles. The number of β-amino-alcohol motifs (C(OH)–C–C–N with tert-alkyl or cyclic N) is 1. The molecule has 5 heteroatoms. The van der Waals surface area contributed by atoms with E-state index in [1.165, 1.54) is 0 Å². The third-order valence-corrected chi connectivity index (χ3v) is 3.26. The number of morpholine rings is 1. The summed E-state index contributed by atoms with van der Waals surface area (Å²) >= 11 is 0. The van der Waals surface area contributed by atoms with Gasteiger partial charge < -0.3 is 15.2 Å². The van der Waals surface area contributed by atoms with Gasteiger partial charge in [-0.25, -0.2) is 0 Å². The van der Waals surface area contributed by atoms with E-state index >= 15 is 0 Å². The van der Waals surface area contributed by atoms with E-state index in [2.05, 4.69) is 10.2 Å². The van der Waals surface area contributed by atoms with Crippen LogP contribution in [0, 0.1) is 5.92 Å². The first-order chi connectivity index (χ1) is 8.07. The molecule has 1 atom stereocenters. The zero-order valence-electron chi connectivity index (χ0n) is 10.4. The predicted octanol–water partition coefficient (Wildman–Crippen LogP) is -0.404. The molecule has 2 fully saturated rings. The topological polar surface area (TPSA) is 61.8 Å². The molecule has 5 nitrogen and oxygen atoms in total. The van der Waals surface area contributed by atoms with Crippen LogP contribution in [0.15, 0.2) is 0 Å². The Labute approximate surface area is 102 Å². The highest BCUT2D eigenvalue weighted by Crippen LogP contribution is 2.28. The summed E-state index contributed by atoms with van der Waals surface area (Å²) in [5.41, 5.74) is -0.859. The molecule has 2 N–H and O–H groups in total. The average Bonchev–Trinajstić information content (AvgIpc) is 3.10. The lowest BCUT2D eigenvalue weighted by Crippen LogP contribution is -2.51. The lowest BCUT2D eigenvalue weighted by Gasteiger charge is -2.33. The quantitative estimate of drug-likeness (QED) is 0.688. The van der Waals surface area contributed by atoms with Crippen LogP contribution in [0.3, 0.4) is 0 Å². The van der Waals surface area contributed by atoms with Crippen LogP contribution in [0.1, 0.15) is 19.8 Å². The smallest absolute Gasteiger partial charge is 0.223 e. The molecule has 1 heterocycles. The number of hydrogen-bond acceptors (Lipinski definition) is 4. The molecule has 1 unspecified atom stereocenters. The Hall–Kier alpha value is -0.650. The maximum Gasteiger partial charge on any atom is 0.223 e. The SMILES string of the molecule is CC(O)(CNC(=O)C1CC1)CN1CCOCC1. The van der Waals surface area contributed by atoms with E-state index in [0.717, 1.165) is 39.1 Å². The molecular weight excluding hydrogens is 220 g/mol. The summed E-state index contributed by atoms with van der Waals surface area (Å²) in [6.07, 6.45) is 1.99. The van der Waals surface area contributed by atoms with E-state index in [1.807, 2.05) is 0 Å². The number of amides is 1. The van der Waals surface area contributed by atoms with Gasteiger partial charge in [0.15, 0.2) is 0 Å². The molecule has 2 rings (SSSR count). The van der Waals surface area contributed by atoms with Crippen molar-refractivity contribution in [2.45, 2.75) is 25.4 Å². The fourth-order valence-corrected chi connectivity index (χ4v) is 2.06. The third kappa shape index (κ3) is 4.26. The van der Waals surface area contributed by atoms with Gasteiger partial charge in [0.25, 0.3) is 0 Å². The lowest BCUT2D eigenvalue weighted by atomic mass is 10.1. The zero-order valence-corrected chi connectivity index (χ0v) is 10.4. The Kier molecular flexibility index (Phi) is 4.01. The van der Waals surface area contributed by atoms with Gasteiger partial charge >= 0.3 is 0 Å². The number of nitrogens with zero attached hydrogens (tertiary/aromatic N) is 1. The summed E-state index contributed by atoms with van der Waals surface area (Å²) in [6, 6.07) is 0. The van der Waals surface area contributed by atoms with Crippen LogP contribution in [0.2, 0.25) is 0 Å². The third-order valence-electron chi connectivity index (χ3n) is 3.26. The van der Waals surface area contributed by atoms with Crippen molar-refractivity contribution in [1.82, 2.24) is 10.2 Å². The minimum atomic E-state index is -0.859. The second-order valence-electron chi connectivity index (χ2n) is 5.38. The molecule has 2 aliphatic rings. The Bertz CT molecular complexity index is 271. The molecule has 0 spiro atoms. The lowest BCUT2D eigenvalue weighted by molar-refractivity contribution is -0.123. The van der Waals surface area contributed by atoms with Crippen molar-refractivity contribution in [2.24, 2.45) is 5.92 Å². The predicted molar refractivity (Wildman–Crippen MR) is 63.6 cm³/mol. The number of rotatable bonds is 5. The van der Waals surface area contributed by atoms with Crippen molar-refractivity contribution in [3.05, 3.63) is 0 Å². The number of nitrogens with one attached hydrogen (secondary N) is 1. The molecule has 1 amide bonds. The van der Waals surface area contributed by atoms with Gasteiger partial charge in [-0.3, -0.25) is 9.69 Å². The average molecular weight is 242 g/mol. The van der Waals surface area contributed by atoms with Crippen molar-refractivity contribution in [3.63, 3.8) is 0 Å². The molecule has 98 valence electrons. The van der Waals surface area contributed by atoms with Crippen molar-refractivity contribution >= 4 is 5.91 Å². The van der Waals surface area contributed by atoms with Gasteiger partial charge in [-0.15, -0.1) is 0 Å². The number of carbonyl (C=O) groups is 1. The van der Waals surface area contributed by atoms with Gasteiger partial charge in [-0.1, -0.05) is 0 Å². The van der Waals surface area contributed by atoms with Gasteiger partial charge in [-0.05, 0) is 19.8 Å². The Morgan fingerprint density at radius 2 is 2.12 bits per heavy atom. The van der Waals surface area contributed by atoms with E-state index in [9.17, 15) is 9.90 Å². The maximum atomic E-state index is 11.5. The van der Waals surface area contributed by atoms with Gasteiger partial charge in [0, 0.05) is 32.1 Å². The summed E-state index contributed by atoms with van der Waals surface area (Å²) < 4.78 is 5.26. The normalized spacial score (nSPS) is 25.3. The molecule has 0 aromatic carbocycles. The minimum Gasteiger partial charge on any atom is -0.387 e. The molecule has 0 aromatic heterocycles. The minimum absolute atomic E-state index is 0.0900. The van der Waals surface area contributed by atoms with Crippen molar-refractivity contribution in [1.29, 1.82) is 0 Å². The maximum absolute atomic E-state index is 11.5. The summed E-state index contributed by atoms with van der Waals surface area (Å²) in [6.45, 7) is 5.85. The molecule has 17 heavy (non-hydrogen) atoms. The monoisotopic (exact) mass is 242 g/mol. The van der Waals surface area contributed by atoms with Crippen molar-refractivity contribution in [3.8, 4) is 0 Å². The van der Waals surface area contributed by atoms with E-state index in [0.29, 0.717) is 13.1 Å². The van der Waals surface area contributed by atoms with Crippen LogP contribution < -0.4 is 5.32 Å². The second kappa shape index (κ2) is 5.33. The van der Waals surface area contributed by atoms with Crippen LogP contribution in [-0.2, 0) is 9.53 Å². The molecular formula is C12H22N2O3. The zero-order chi connectivity index (χ0) is 12.3. The first kappa shape index (κ1) is 12.8. The number of ether oxygens (including phenoxy) is 1. The highest BCUT2D eigenvalue weighted by molar-refractivity contribution is 5.80. The summed E-state index contributed by atoms with van der Waals surface area (Å²) in [7, 11) is 0. The van der Waals surface area contributed by atoms with Crippen molar-refractivity contribution in [2.75, 3.05) is 39.4 Å². The molecule has 0 bridgehead atoms. The van der Waals surface area contributed by atoms with E-state index in [1.54, 1.807) is 6.92 Å². The Balaban J connectivity index is 1.70. The molecule has 1 saturated carbocycles. The fraction of sp³-hybridized carbons (Fsp3) is 0.917.